The van der Waals surface area contributed by atoms with E-state index >= 15 is 0 Å². The van der Waals surface area contributed by atoms with Gasteiger partial charge in [0.2, 0.25) is 0 Å². The highest BCUT2D eigenvalue weighted by molar-refractivity contribution is 7.89. The Bertz CT molecular complexity index is 723. The second-order valence-corrected chi connectivity index (χ2v) is 6.08. The van der Waals surface area contributed by atoms with Crippen LogP contribution in [0.5, 0.6) is 0 Å². The van der Waals surface area contributed by atoms with Crippen LogP contribution in [0.2, 0.25) is 0 Å². The average molecular weight is 249 g/mol. The van der Waals surface area contributed by atoms with Crippen LogP contribution in [0.3, 0.4) is 0 Å². The third-order valence-corrected chi connectivity index (χ3v) is 3.30. The zero-order valence-corrected chi connectivity index (χ0v) is 10.3. The lowest BCUT2D eigenvalue weighted by atomic mass is 10.2. The van der Waals surface area contributed by atoms with Crippen LogP contribution in [0.4, 0.5) is 0 Å². The fraction of sp³-hybridized carbons (Fsp3) is 0.273. The van der Waals surface area contributed by atoms with E-state index in [4.69, 9.17) is 5.26 Å². The Morgan fingerprint density at radius 2 is 2.18 bits per heavy atom. The monoisotopic (exact) mass is 249 g/mol. The number of aromatic nitrogens is 2. The lowest BCUT2D eigenvalue weighted by molar-refractivity contribution is 0.598. The zero-order valence-electron chi connectivity index (χ0n) is 9.51. The van der Waals surface area contributed by atoms with Gasteiger partial charge in [-0.2, -0.15) is 5.26 Å². The summed E-state index contributed by atoms with van der Waals surface area (Å²) >= 11 is 0. The molecular weight excluding hydrogens is 238 g/mol. The number of aryl methyl sites for hydroxylation is 1. The number of rotatable bonds is 2. The summed E-state index contributed by atoms with van der Waals surface area (Å²) in [6.07, 6.45) is 1.16. The van der Waals surface area contributed by atoms with E-state index in [1.54, 1.807) is 23.7 Å². The van der Waals surface area contributed by atoms with E-state index in [1.165, 1.54) is 0 Å². The molecule has 0 saturated heterocycles. The molecule has 2 aromatic rings. The number of nitriles is 1. The van der Waals surface area contributed by atoms with E-state index in [1.807, 2.05) is 12.1 Å². The first kappa shape index (κ1) is 11.6. The molecule has 2 rings (SSSR count). The van der Waals surface area contributed by atoms with Gasteiger partial charge in [-0.1, -0.05) is 6.07 Å². The summed E-state index contributed by atoms with van der Waals surface area (Å²) < 4.78 is 24.2. The highest BCUT2D eigenvalue weighted by atomic mass is 32.2. The maximum absolute atomic E-state index is 11.3. The Labute approximate surface area is 99.2 Å². The third-order valence-electron chi connectivity index (χ3n) is 2.52. The molecule has 0 unspecified atom stereocenters. The molecule has 88 valence electrons. The summed E-state index contributed by atoms with van der Waals surface area (Å²) in [6, 6.07) is 7.29. The third kappa shape index (κ3) is 2.15. The number of hydrogen-bond donors (Lipinski definition) is 0. The molecule has 0 atom stereocenters. The van der Waals surface area contributed by atoms with E-state index < -0.39 is 9.84 Å². The molecule has 1 aromatic heterocycles. The lowest BCUT2D eigenvalue weighted by Crippen LogP contribution is -2.06. The minimum atomic E-state index is -3.13. The SMILES string of the molecule is Cn1c(CS(C)(=O)=O)nc2c(C#N)cccc21. The van der Waals surface area contributed by atoms with Gasteiger partial charge in [-0.15, -0.1) is 0 Å². The predicted molar refractivity (Wildman–Crippen MR) is 64.0 cm³/mol. The van der Waals surface area contributed by atoms with Crippen molar-refractivity contribution in [3.8, 4) is 6.07 Å². The second kappa shape index (κ2) is 3.86. The van der Waals surface area contributed by atoms with Crippen molar-refractivity contribution < 1.29 is 8.42 Å². The standard InChI is InChI=1S/C11H11N3O2S/c1-14-9-5-3-4-8(6-12)11(9)13-10(14)7-17(2,15)16/h3-5H,7H2,1-2H3. The molecule has 0 amide bonds. The van der Waals surface area contributed by atoms with Crippen LogP contribution in [0.15, 0.2) is 18.2 Å². The van der Waals surface area contributed by atoms with E-state index in [2.05, 4.69) is 4.98 Å². The number of nitrogens with zero attached hydrogens (tertiary/aromatic N) is 3. The number of benzene rings is 1. The summed E-state index contributed by atoms with van der Waals surface area (Å²) in [5, 5.41) is 8.95. The molecule has 0 aliphatic carbocycles. The van der Waals surface area contributed by atoms with Gasteiger partial charge in [0.05, 0.1) is 11.1 Å². The van der Waals surface area contributed by atoms with Crippen LogP contribution in [-0.4, -0.2) is 24.2 Å². The second-order valence-electron chi connectivity index (χ2n) is 3.94. The minimum absolute atomic E-state index is 0.122. The number of imidazole rings is 1. The zero-order chi connectivity index (χ0) is 12.6. The first-order valence-electron chi connectivity index (χ1n) is 4.94. The van der Waals surface area contributed by atoms with Gasteiger partial charge in [-0.05, 0) is 12.1 Å². The number of hydrogen-bond acceptors (Lipinski definition) is 4. The molecule has 6 heteroatoms. The average Bonchev–Trinajstić information content (AvgIpc) is 2.54. The number of para-hydroxylation sites is 1. The Morgan fingerprint density at radius 3 is 2.76 bits per heavy atom. The first-order chi connectivity index (χ1) is 7.92. The summed E-state index contributed by atoms with van der Waals surface area (Å²) in [7, 11) is -1.39. The molecule has 0 aliphatic rings. The minimum Gasteiger partial charge on any atom is -0.330 e. The molecular formula is C11H11N3O2S. The van der Waals surface area contributed by atoms with E-state index in [0.29, 0.717) is 16.9 Å². The van der Waals surface area contributed by atoms with Crippen molar-refractivity contribution >= 4 is 20.9 Å². The molecule has 0 aliphatic heterocycles. The van der Waals surface area contributed by atoms with Crippen molar-refractivity contribution in [2.45, 2.75) is 5.75 Å². The van der Waals surface area contributed by atoms with Gasteiger partial charge < -0.3 is 4.57 Å². The van der Waals surface area contributed by atoms with Crippen molar-refractivity contribution in [1.29, 1.82) is 5.26 Å². The molecule has 5 nitrogen and oxygen atoms in total. The number of sulfone groups is 1. The lowest BCUT2D eigenvalue weighted by Gasteiger charge is -2.00. The van der Waals surface area contributed by atoms with Crippen LogP contribution in [-0.2, 0) is 22.6 Å². The molecule has 0 radical (unpaired) electrons. The molecule has 0 saturated carbocycles. The van der Waals surface area contributed by atoms with E-state index in [-0.39, 0.29) is 5.75 Å². The topological polar surface area (TPSA) is 75.8 Å². The molecule has 0 N–H and O–H groups in total. The molecule has 1 aromatic carbocycles. The molecule has 1 heterocycles. The van der Waals surface area contributed by atoms with Crippen molar-refractivity contribution in [1.82, 2.24) is 9.55 Å². The quantitative estimate of drug-likeness (QED) is 0.795. The van der Waals surface area contributed by atoms with Gasteiger partial charge in [0.25, 0.3) is 0 Å². The highest BCUT2D eigenvalue weighted by Gasteiger charge is 2.14. The van der Waals surface area contributed by atoms with Gasteiger partial charge in [0.15, 0.2) is 9.84 Å². The van der Waals surface area contributed by atoms with Crippen LogP contribution in [0, 0.1) is 11.3 Å². The summed E-state index contributed by atoms with van der Waals surface area (Å²) in [5.74, 6) is 0.327. The van der Waals surface area contributed by atoms with Crippen molar-refractivity contribution in [2.24, 2.45) is 7.05 Å². The molecule has 0 fully saturated rings. The molecule has 17 heavy (non-hydrogen) atoms. The van der Waals surface area contributed by atoms with E-state index in [0.717, 1.165) is 11.8 Å². The van der Waals surface area contributed by atoms with Crippen molar-refractivity contribution in [2.75, 3.05) is 6.26 Å². The summed E-state index contributed by atoms with van der Waals surface area (Å²) in [5.41, 5.74) is 1.77. The van der Waals surface area contributed by atoms with Crippen LogP contribution in [0.25, 0.3) is 11.0 Å². The number of fused-ring (bicyclic) bond motifs is 1. The van der Waals surface area contributed by atoms with Crippen molar-refractivity contribution in [3.63, 3.8) is 0 Å². The Morgan fingerprint density at radius 1 is 1.47 bits per heavy atom. The van der Waals surface area contributed by atoms with Gasteiger partial charge >= 0.3 is 0 Å². The molecule has 0 spiro atoms. The van der Waals surface area contributed by atoms with Crippen LogP contribution >= 0.6 is 0 Å². The maximum atomic E-state index is 11.3. The normalized spacial score (nSPS) is 11.6. The maximum Gasteiger partial charge on any atom is 0.154 e. The largest absolute Gasteiger partial charge is 0.330 e. The highest BCUT2D eigenvalue weighted by Crippen LogP contribution is 2.19. The van der Waals surface area contributed by atoms with Crippen LogP contribution in [0.1, 0.15) is 11.4 Å². The van der Waals surface area contributed by atoms with Gasteiger partial charge in [-0.3, -0.25) is 0 Å². The smallest absolute Gasteiger partial charge is 0.154 e. The van der Waals surface area contributed by atoms with E-state index in [9.17, 15) is 8.42 Å². The summed E-state index contributed by atoms with van der Waals surface area (Å²) in [4.78, 5) is 4.23. The Hall–Kier alpha value is -1.87. The van der Waals surface area contributed by atoms with Gasteiger partial charge in [0, 0.05) is 13.3 Å². The van der Waals surface area contributed by atoms with Gasteiger partial charge in [0.1, 0.15) is 23.2 Å². The van der Waals surface area contributed by atoms with Crippen LogP contribution < -0.4 is 0 Å². The Kier molecular flexibility index (Phi) is 2.63. The predicted octanol–water partition coefficient (Wildman–Crippen LogP) is 0.990. The Balaban J connectivity index is 2.69. The molecule has 0 bridgehead atoms. The fourth-order valence-electron chi connectivity index (χ4n) is 1.72. The first-order valence-corrected chi connectivity index (χ1v) is 7.00. The van der Waals surface area contributed by atoms with Crippen molar-refractivity contribution in [3.05, 3.63) is 29.6 Å². The summed E-state index contributed by atoms with van der Waals surface area (Å²) in [6.45, 7) is 0. The fourth-order valence-corrected chi connectivity index (χ4v) is 2.44. The van der Waals surface area contributed by atoms with Gasteiger partial charge in [-0.25, -0.2) is 13.4 Å².